The molecule has 1 fully saturated rings. The molecule has 0 unspecified atom stereocenters. The van der Waals surface area contributed by atoms with E-state index >= 15 is 0 Å². The van der Waals surface area contributed by atoms with Crippen LogP contribution in [0, 0.1) is 11.8 Å². The van der Waals surface area contributed by atoms with Gasteiger partial charge in [0.2, 0.25) is 23.6 Å². The SMILES string of the molecule is CNC(=O)[C@H](Cc1ccccc1)N(Cc1cccc(OC)c1)C(=O)CCN1C(=O)[C@H]2CC=CC[C@H]2C1=O. The number of hydrogen-bond donors (Lipinski definition) is 1. The van der Waals surface area contributed by atoms with Gasteiger partial charge in [-0.3, -0.25) is 24.1 Å². The molecule has 0 radical (unpaired) electrons. The van der Waals surface area contributed by atoms with Gasteiger partial charge < -0.3 is 15.0 Å². The highest BCUT2D eigenvalue weighted by Crippen LogP contribution is 2.35. The third-order valence-corrected chi connectivity index (χ3v) is 7.15. The Labute approximate surface area is 217 Å². The Hall–Kier alpha value is -3.94. The topological polar surface area (TPSA) is 96.0 Å². The van der Waals surface area contributed by atoms with Gasteiger partial charge in [0.15, 0.2) is 0 Å². The second-order valence-corrected chi connectivity index (χ2v) is 9.43. The fourth-order valence-electron chi connectivity index (χ4n) is 5.13. The zero-order valence-corrected chi connectivity index (χ0v) is 21.3. The number of rotatable bonds is 10. The third-order valence-electron chi connectivity index (χ3n) is 7.15. The van der Waals surface area contributed by atoms with Gasteiger partial charge in [0.05, 0.1) is 18.9 Å². The van der Waals surface area contributed by atoms with E-state index in [9.17, 15) is 19.2 Å². The molecule has 37 heavy (non-hydrogen) atoms. The van der Waals surface area contributed by atoms with Crippen LogP contribution in [0.1, 0.15) is 30.4 Å². The minimum Gasteiger partial charge on any atom is -0.497 e. The number of methoxy groups -OCH3 is 1. The highest BCUT2D eigenvalue weighted by atomic mass is 16.5. The predicted molar refractivity (Wildman–Crippen MR) is 138 cm³/mol. The Morgan fingerprint density at radius 2 is 1.65 bits per heavy atom. The van der Waals surface area contributed by atoms with E-state index in [2.05, 4.69) is 5.32 Å². The van der Waals surface area contributed by atoms with Gasteiger partial charge in [-0.25, -0.2) is 0 Å². The number of benzene rings is 2. The first-order chi connectivity index (χ1) is 17.9. The maximum Gasteiger partial charge on any atom is 0.242 e. The van der Waals surface area contributed by atoms with E-state index < -0.39 is 6.04 Å². The van der Waals surface area contributed by atoms with Gasteiger partial charge in [-0.2, -0.15) is 0 Å². The molecular weight excluding hydrogens is 470 g/mol. The number of hydrogen-bond acceptors (Lipinski definition) is 5. The molecule has 0 bridgehead atoms. The van der Waals surface area contributed by atoms with E-state index in [1.54, 1.807) is 19.1 Å². The van der Waals surface area contributed by atoms with Crippen LogP contribution in [0.2, 0.25) is 0 Å². The summed E-state index contributed by atoms with van der Waals surface area (Å²) < 4.78 is 5.34. The van der Waals surface area contributed by atoms with Crippen molar-refractivity contribution in [3.05, 3.63) is 77.9 Å². The summed E-state index contributed by atoms with van der Waals surface area (Å²) in [7, 11) is 3.12. The van der Waals surface area contributed by atoms with Crippen molar-refractivity contribution in [2.75, 3.05) is 20.7 Å². The van der Waals surface area contributed by atoms with E-state index in [1.807, 2.05) is 66.7 Å². The zero-order valence-electron chi connectivity index (χ0n) is 21.3. The average molecular weight is 504 g/mol. The zero-order chi connectivity index (χ0) is 26.4. The molecule has 0 spiro atoms. The summed E-state index contributed by atoms with van der Waals surface area (Å²) in [6.45, 7) is 0.182. The van der Waals surface area contributed by atoms with Crippen LogP contribution in [0.4, 0.5) is 0 Å². The monoisotopic (exact) mass is 503 g/mol. The number of nitrogens with one attached hydrogen (secondary N) is 1. The molecule has 8 heteroatoms. The molecule has 1 aliphatic carbocycles. The number of likely N-dealkylation sites (N-methyl/N-ethyl adjacent to an activating group) is 1. The molecule has 3 atom stereocenters. The maximum atomic E-state index is 13.7. The van der Waals surface area contributed by atoms with Crippen molar-refractivity contribution in [1.82, 2.24) is 15.1 Å². The second-order valence-electron chi connectivity index (χ2n) is 9.43. The largest absolute Gasteiger partial charge is 0.497 e. The van der Waals surface area contributed by atoms with Crippen LogP contribution in [0.25, 0.3) is 0 Å². The van der Waals surface area contributed by atoms with E-state index in [1.165, 1.54) is 4.90 Å². The predicted octanol–water partition coefficient (Wildman–Crippen LogP) is 2.72. The van der Waals surface area contributed by atoms with E-state index in [4.69, 9.17) is 4.74 Å². The molecule has 0 aromatic heterocycles. The first kappa shape index (κ1) is 26.1. The lowest BCUT2D eigenvalue weighted by Crippen LogP contribution is -2.50. The summed E-state index contributed by atoms with van der Waals surface area (Å²) in [5.41, 5.74) is 1.72. The molecule has 2 aromatic rings. The van der Waals surface area contributed by atoms with Gasteiger partial charge >= 0.3 is 0 Å². The van der Waals surface area contributed by atoms with Crippen molar-refractivity contribution in [2.45, 2.75) is 38.3 Å². The number of carbonyl (C=O) groups excluding carboxylic acids is 4. The van der Waals surface area contributed by atoms with Gasteiger partial charge in [-0.05, 0) is 36.1 Å². The number of amides is 4. The smallest absolute Gasteiger partial charge is 0.242 e. The Kier molecular flexibility index (Phi) is 8.38. The van der Waals surface area contributed by atoms with Crippen molar-refractivity contribution in [3.63, 3.8) is 0 Å². The maximum absolute atomic E-state index is 13.7. The van der Waals surface area contributed by atoms with Gasteiger partial charge in [-0.1, -0.05) is 54.6 Å². The quantitative estimate of drug-likeness (QED) is 0.397. The van der Waals surface area contributed by atoms with Gasteiger partial charge in [0, 0.05) is 33.0 Å². The van der Waals surface area contributed by atoms with Crippen LogP contribution in [-0.4, -0.2) is 60.2 Å². The van der Waals surface area contributed by atoms with Crippen molar-refractivity contribution in [3.8, 4) is 5.75 Å². The lowest BCUT2D eigenvalue weighted by Gasteiger charge is -2.31. The Bertz CT molecular complexity index is 1150. The summed E-state index contributed by atoms with van der Waals surface area (Å²) in [5, 5.41) is 2.69. The molecule has 1 saturated heterocycles. The van der Waals surface area contributed by atoms with Crippen LogP contribution < -0.4 is 10.1 Å². The first-order valence-electron chi connectivity index (χ1n) is 12.6. The van der Waals surface area contributed by atoms with Crippen molar-refractivity contribution in [2.24, 2.45) is 11.8 Å². The van der Waals surface area contributed by atoms with Crippen LogP contribution in [0.3, 0.4) is 0 Å². The normalized spacial score (nSPS) is 19.4. The molecule has 1 aliphatic heterocycles. The summed E-state index contributed by atoms with van der Waals surface area (Å²) in [6, 6.07) is 16.1. The van der Waals surface area contributed by atoms with Crippen LogP contribution >= 0.6 is 0 Å². The van der Waals surface area contributed by atoms with Gasteiger partial charge in [0.25, 0.3) is 0 Å². The number of carbonyl (C=O) groups is 4. The molecule has 1 N–H and O–H groups in total. The highest BCUT2D eigenvalue weighted by Gasteiger charge is 2.47. The molecule has 4 rings (SSSR count). The minimum absolute atomic E-state index is 0.00388. The van der Waals surface area contributed by atoms with E-state index in [-0.39, 0.29) is 55.0 Å². The molecular formula is C29H33N3O5. The first-order valence-corrected chi connectivity index (χ1v) is 12.6. The van der Waals surface area contributed by atoms with E-state index in [0.29, 0.717) is 25.0 Å². The van der Waals surface area contributed by atoms with Gasteiger partial charge in [-0.15, -0.1) is 0 Å². The van der Waals surface area contributed by atoms with Crippen molar-refractivity contribution >= 4 is 23.6 Å². The standard InChI is InChI=1S/C29H33N3O5/c1-30-27(34)25(18-20-9-4-3-5-10-20)32(19-21-11-8-12-22(17-21)37-2)26(33)15-16-31-28(35)23-13-6-7-14-24(23)29(31)36/h3-12,17,23-25H,13-16,18-19H2,1-2H3,(H,30,34)/t23-,24+,25-/m0/s1. The van der Waals surface area contributed by atoms with Crippen LogP contribution in [0.15, 0.2) is 66.7 Å². The van der Waals surface area contributed by atoms with Crippen molar-refractivity contribution in [1.29, 1.82) is 0 Å². The molecule has 194 valence electrons. The number of imide groups is 1. The molecule has 8 nitrogen and oxygen atoms in total. The number of allylic oxidation sites excluding steroid dienone is 2. The minimum atomic E-state index is -0.775. The fraction of sp³-hybridized carbons (Fsp3) is 0.379. The number of nitrogens with zero attached hydrogens (tertiary/aromatic N) is 2. The second kappa shape index (κ2) is 11.9. The lowest BCUT2D eigenvalue weighted by atomic mass is 9.85. The third kappa shape index (κ3) is 5.90. The summed E-state index contributed by atoms with van der Waals surface area (Å²) in [5.74, 6) is -1.04. The summed E-state index contributed by atoms with van der Waals surface area (Å²) >= 11 is 0. The number of likely N-dealkylation sites (tertiary alicyclic amines) is 1. The molecule has 0 saturated carbocycles. The van der Waals surface area contributed by atoms with Crippen LogP contribution in [-0.2, 0) is 32.1 Å². The number of ether oxygens (including phenoxy) is 1. The molecule has 2 aromatic carbocycles. The Morgan fingerprint density at radius 3 is 2.27 bits per heavy atom. The Balaban J connectivity index is 1.57. The fourth-order valence-corrected chi connectivity index (χ4v) is 5.13. The lowest BCUT2D eigenvalue weighted by molar-refractivity contribution is -0.144. The molecule has 1 heterocycles. The number of fused-ring (bicyclic) bond motifs is 1. The summed E-state index contributed by atoms with van der Waals surface area (Å²) in [4.78, 5) is 55.3. The molecule has 4 amide bonds. The van der Waals surface area contributed by atoms with Crippen molar-refractivity contribution < 1.29 is 23.9 Å². The summed E-state index contributed by atoms with van der Waals surface area (Å²) in [6.07, 6.45) is 5.25. The van der Waals surface area contributed by atoms with E-state index in [0.717, 1.165) is 11.1 Å². The Morgan fingerprint density at radius 1 is 1.00 bits per heavy atom. The van der Waals surface area contributed by atoms with Crippen LogP contribution in [0.5, 0.6) is 5.75 Å². The highest BCUT2D eigenvalue weighted by molar-refractivity contribution is 6.05. The average Bonchev–Trinajstić information content (AvgIpc) is 3.18. The van der Waals surface area contributed by atoms with Gasteiger partial charge in [0.1, 0.15) is 11.8 Å². The molecule has 2 aliphatic rings.